The first kappa shape index (κ1) is 17.1. The fourth-order valence-electron chi connectivity index (χ4n) is 4.31. The van der Waals surface area contributed by atoms with E-state index >= 15 is 0 Å². The van der Waals surface area contributed by atoms with Crippen LogP contribution in [0.5, 0.6) is 0 Å². The van der Waals surface area contributed by atoms with Gasteiger partial charge in [0.15, 0.2) is 0 Å². The van der Waals surface area contributed by atoms with Crippen molar-refractivity contribution in [3.05, 3.63) is 17.6 Å². The first-order valence-electron chi connectivity index (χ1n) is 9.74. The molecule has 25 heavy (non-hydrogen) atoms. The number of hydrogen-bond donors (Lipinski definition) is 0. The summed E-state index contributed by atoms with van der Waals surface area (Å²) in [4.78, 5) is 26.1. The monoisotopic (exact) mass is 360 g/mol. The molecule has 0 bridgehead atoms. The van der Waals surface area contributed by atoms with E-state index in [1.54, 1.807) is 6.33 Å². The van der Waals surface area contributed by atoms with Crippen LogP contribution in [0.2, 0.25) is 0 Å². The molecule has 1 aliphatic carbocycles. The zero-order chi connectivity index (χ0) is 17.1. The first-order valence-corrected chi connectivity index (χ1v) is 10.9. The molecule has 5 nitrogen and oxygen atoms in total. The average Bonchev–Trinajstić information content (AvgIpc) is 2.69. The number of fused-ring (bicyclic) bond motifs is 1. The van der Waals surface area contributed by atoms with Gasteiger partial charge in [0, 0.05) is 55.4 Å². The van der Waals surface area contributed by atoms with Crippen molar-refractivity contribution >= 4 is 23.5 Å². The number of thioether (sulfide) groups is 1. The van der Waals surface area contributed by atoms with Gasteiger partial charge in [-0.25, -0.2) is 9.97 Å². The molecule has 1 amide bonds. The number of aromatic nitrogens is 2. The van der Waals surface area contributed by atoms with Gasteiger partial charge < -0.3 is 9.80 Å². The van der Waals surface area contributed by atoms with Gasteiger partial charge in [-0.1, -0.05) is 0 Å². The number of rotatable bonds is 3. The summed E-state index contributed by atoms with van der Waals surface area (Å²) in [7, 11) is 0. The van der Waals surface area contributed by atoms with E-state index in [0.717, 1.165) is 69.8 Å². The molecule has 2 aliphatic heterocycles. The first-order chi connectivity index (χ1) is 12.3. The molecule has 6 heteroatoms. The molecule has 1 aromatic heterocycles. The lowest BCUT2D eigenvalue weighted by atomic mass is 9.91. The number of carbonyl (C=O) groups is 1. The van der Waals surface area contributed by atoms with E-state index in [0.29, 0.717) is 11.8 Å². The van der Waals surface area contributed by atoms with Crippen molar-refractivity contribution in [3.8, 4) is 0 Å². The highest BCUT2D eigenvalue weighted by molar-refractivity contribution is 7.99. The molecular formula is C19H28N4OS. The van der Waals surface area contributed by atoms with Crippen LogP contribution in [0.25, 0.3) is 0 Å². The van der Waals surface area contributed by atoms with Crippen LogP contribution in [0.3, 0.4) is 0 Å². The van der Waals surface area contributed by atoms with Gasteiger partial charge in [0.2, 0.25) is 5.91 Å². The van der Waals surface area contributed by atoms with Crippen LogP contribution in [0.4, 0.5) is 5.82 Å². The normalized spacial score (nSPS) is 21.9. The number of hydrogen-bond acceptors (Lipinski definition) is 5. The number of amides is 1. The van der Waals surface area contributed by atoms with E-state index in [-0.39, 0.29) is 0 Å². The maximum atomic E-state index is 12.5. The van der Waals surface area contributed by atoms with Crippen molar-refractivity contribution < 1.29 is 4.79 Å². The maximum absolute atomic E-state index is 12.5. The van der Waals surface area contributed by atoms with E-state index in [1.807, 2.05) is 11.8 Å². The molecule has 4 rings (SSSR count). The molecule has 2 fully saturated rings. The molecular weight excluding hydrogens is 332 g/mol. The Labute approximate surface area is 154 Å². The van der Waals surface area contributed by atoms with Gasteiger partial charge in [-0.2, -0.15) is 11.8 Å². The summed E-state index contributed by atoms with van der Waals surface area (Å²) in [6.07, 6.45) is 9.42. The average molecular weight is 361 g/mol. The third-order valence-corrected chi connectivity index (χ3v) is 6.79. The van der Waals surface area contributed by atoms with Gasteiger partial charge >= 0.3 is 0 Å². The Morgan fingerprint density at radius 1 is 1.08 bits per heavy atom. The number of piperidine rings is 1. The number of carbonyl (C=O) groups excluding carboxylic acids is 1. The minimum Gasteiger partial charge on any atom is -0.356 e. The molecule has 0 aromatic carbocycles. The van der Waals surface area contributed by atoms with Crippen LogP contribution in [0.1, 0.15) is 43.4 Å². The largest absolute Gasteiger partial charge is 0.356 e. The van der Waals surface area contributed by atoms with Gasteiger partial charge in [-0.05, 0) is 44.4 Å². The van der Waals surface area contributed by atoms with E-state index in [2.05, 4.69) is 19.8 Å². The van der Waals surface area contributed by atoms with Gasteiger partial charge in [-0.3, -0.25) is 4.79 Å². The Morgan fingerprint density at radius 2 is 1.84 bits per heavy atom. The molecule has 3 aliphatic rings. The summed E-state index contributed by atoms with van der Waals surface area (Å²) in [5, 5.41) is 0. The Balaban J connectivity index is 1.33. The van der Waals surface area contributed by atoms with E-state index < -0.39 is 0 Å². The molecule has 136 valence electrons. The molecule has 0 atom stereocenters. The van der Waals surface area contributed by atoms with Crippen molar-refractivity contribution in [1.82, 2.24) is 14.9 Å². The fourth-order valence-corrected chi connectivity index (χ4v) is 5.22. The zero-order valence-electron chi connectivity index (χ0n) is 15.0. The molecule has 1 aromatic rings. The second-order valence-electron chi connectivity index (χ2n) is 7.46. The number of nitrogens with zero attached hydrogens (tertiary/aromatic N) is 4. The molecule has 0 N–H and O–H groups in total. The summed E-state index contributed by atoms with van der Waals surface area (Å²) in [6, 6.07) is 0. The lowest BCUT2D eigenvalue weighted by molar-refractivity contribution is -0.132. The summed E-state index contributed by atoms with van der Waals surface area (Å²) in [5.74, 6) is 4.28. The number of anilines is 1. The Morgan fingerprint density at radius 3 is 2.64 bits per heavy atom. The van der Waals surface area contributed by atoms with Crippen molar-refractivity contribution in [2.75, 3.05) is 42.6 Å². The Kier molecular flexibility index (Phi) is 5.44. The topological polar surface area (TPSA) is 49.3 Å². The predicted octanol–water partition coefficient (Wildman–Crippen LogP) is 2.54. The highest BCUT2D eigenvalue weighted by Crippen LogP contribution is 2.31. The summed E-state index contributed by atoms with van der Waals surface area (Å²) < 4.78 is 0. The van der Waals surface area contributed by atoms with Crippen LogP contribution in [-0.4, -0.2) is 58.5 Å². The molecule has 0 saturated carbocycles. The Hall–Kier alpha value is -1.30. The van der Waals surface area contributed by atoms with Crippen molar-refractivity contribution in [2.45, 2.75) is 44.9 Å². The molecule has 0 spiro atoms. The molecule has 0 radical (unpaired) electrons. The standard InChI is InChI=1S/C19H28N4OS/c24-18(22-9-11-25-12-10-22)13-15-5-7-23(8-6-15)19-16-3-1-2-4-17(16)20-14-21-19/h14-15H,1-13H2. The lowest BCUT2D eigenvalue weighted by Gasteiger charge is -2.35. The van der Waals surface area contributed by atoms with E-state index in [1.165, 1.54) is 29.9 Å². The minimum atomic E-state index is 0.373. The fraction of sp³-hybridized carbons (Fsp3) is 0.737. The van der Waals surface area contributed by atoms with Crippen LogP contribution in [0.15, 0.2) is 6.33 Å². The molecule has 3 heterocycles. The van der Waals surface area contributed by atoms with Crippen LogP contribution in [0, 0.1) is 5.92 Å². The minimum absolute atomic E-state index is 0.373. The molecule has 0 unspecified atom stereocenters. The second kappa shape index (κ2) is 7.94. The van der Waals surface area contributed by atoms with Crippen molar-refractivity contribution in [2.24, 2.45) is 5.92 Å². The van der Waals surface area contributed by atoms with Gasteiger partial charge in [0.1, 0.15) is 12.1 Å². The third kappa shape index (κ3) is 3.94. The Bertz CT molecular complexity index is 609. The van der Waals surface area contributed by atoms with E-state index in [4.69, 9.17) is 0 Å². The highest BCUT2D eigenvalue weighted by atomic mass is 32.2. The SMILES string of the molecule is O=C(CC1CCN(c2ncnc3c2CCCC3)CC1)N1CCSCC1. The zero-order valence-corrected chi connectivity index (χ0v) is 15.8. The van der Waals surface area contributed by atoms with Gasteiger partial charge in [0.05, 0.1) is 0 Å². The quantitative estimate of drug-likeness (QED) is 0.829. The summed E-state index contributed by atoms with van der Waals surface area (Å²) in [5.41, 5.74) is 2.64. The lowest BCUT2D eigenvalue weighted by Crippen LogP contribution is -2.41. The third-order valence-electron chi connectivity index (χ3n) is 5.84. The smallest absolute Gasteiger partial charge is 0.222 e. The predicted molar refractivity (Wildman–Crippen MR) is 102 cm³/mol. The van der Waals surface area contributed by atoms with Crippen LogP contribution >= 0.6 is 11.8 Å². The maximum Gasteiger partial charge on any atom is 0.222 e. The highest BCUT2D eigenvalue weighted by Gasteiger charge is 2.27. The van der Waals surface area contributed by atoms with E-state index in [9.17, 15) is 4.79 Å². The molecule has 2 saturated heterocycles. The second-order valence-corrected chi connectivity index (χ2v) is 8.68. The van der Waals surface area contributed by atoms with Crippen LogP contribution in [-0.2, 0) is 17.6 Å². The van der Waals surface area contributed by atoms with Crippen molar-refractivity contribution in [3.63, 3.8) is 0 Å². The van der Waals surface area contributed by atoms with Gasteiger partial charge in [0.25, 0.3) is 0 Å². The summed E-state index contributed by atoms with van der Waals surface area (Å²) >= 11 is 1.96. The van der Waals surface area contributed by atoms with Crippen LogP contribution < -0.4 is 4.90 Å². The van der Waals surface area contributed by atoms with Crippen molar-refractivity contribution in [1.29, 1.82) is 0 Å². The van der Waals surface area contributed by atoms with Gasteiger partial charge in [-0.15, -0.1) is 0 Å². The summed E-state index contributed by atoms with van der Waals surface area (Å²) in [6.45, 7) is 3.93. The number of aryl methyl sites for hydroxylation is 1.